The smallest absolute Gasteiger partial charge is 0.251 e. The minimum atomic E-state index is -0.0681. The standard InChI is InChI=1S/C18H17ClN2OS/c1-11(2)9-21-18(22)12-6-7-17-15(8-12)20-10-13-14(19)4-3-5-16(13)23-17/h3-8,10-11H,9H2,1-2H3,(H,21,22). The van der Waals surface area contributed by atoms with Gasteiger partial charge in [0.15, 0.2) is 0 Å². The fourth-order valence-corrected chi connectivity index (χ4v) is 3.52. The summed E-state index contributed by atoms with van der Waals surface area (Å²) in [6, 6.07) is 11.4. The molecule has 0 fully saturated rings. The molecule has 0 radical (unpaired) electrons. The van der Waals surface area contributed by atoms with Crippen LogP contribution in [0.25, 0.3) is 0 Å². The van der Waals surface area contributed by atoms with Crippen molar-refractivity contribution in [2.45, 2.75) is 23.6 Å². The largest absolute Gasteiger partial charge is 0.352 e. The predicted octanol–water partition coefficient (Wildman–Crippen LogP) is 4.94. The molecule has 0 aromatic heterocycles. The van der Waals surface area contributed by atoms with E-state index in [1.807, 2.05) is 36.4 Å². The first-order chi connectivity index (χ1) is 11.0. The molecular formula is C18H17ClN2OS. The van der Waals surface area contributed by atoms with Crippen molar-refractivity contribution in [1.29, 1.82) is 0 Å². The van der Waals surface area contributed by atoms with Crippen LogP contribution in [0.1, 0.15) is 29.8 Å². The molecule has 0 atom stereocenters. The summed E-state index contributed by atoms with van der Waals surface area (Å²) in [5.74, 6) is 0.353. The zero-order valence-electron chi connectivity index (χ0n) is 13.0. The summed E-state index contributed by atoms with van der Waals surface area (Å²) in [7, 11) is 0. The molecule has 2 aromatic carbocycles. The van der Waals surface area contributed by atoms with Crippen molar-refractivity contribution in [1.82, 2.24) is 5.32 Å². The molecular weight excluding hydrogens is 328 g/mol. The second kappa shape index (κ2) is 6.77. The number of nitrogens with one attached hydrogen (secondary N) is 1. The molecule has 1 N–H and O–H groups in total. The molecule has 0 saturated carbocycles. The number of rotatable bonds is 3. The highest BCUT2D eigenvalue weighted by molar-refractivity contribution is 7.99. The van der Waals surface area contributed by atoms with Gasteiger partial charge in [-0.3, -0.25) is 9.79 Å². The summed E-state index contributed by atoms with van der Waals surface area (Å²) in [6.45, 7) is 4.80. The van der Waals surface area contributed by atoms with E-state index in [4.69, 9.17) is 11.6 Å². The summed E-state index contributed by atoms with van der Waals surface area (Å²) < 4.78 is 0. The number of carbonyl (C=O) groups excluding carboxylic acids is 1. The van der Waals surface area contributed by atoms with Gasteiger partial charge >= 0.3 is 0 Å². The Morgan fingerprint density at radius 3 is 2.87 bits per heavy atom. The van der Waals surface area contributed by atoms with Crippen molar-refractivity contribution in [3.05, 3.63) is 52.5 Å². The van der Waals surface area contributed by atoms with Crippen LogP contribution < -0.4 is 5.32 Å². The Kier molecular flexibility index (Phi) is 4.74. The lowest BCUT2D eigenvalue weighted by Crippen LogP contribution is -2.27. The van der Waals surface area contributed by atoms with E-state index in [-0.39, 0.29) is 5.91 Å². The maximum Gasteiger partial charge on any atom is 0.251 e. The molecule has 118 valence electrons. The first-order valence-electron chi connectivity index (χ1n) is 7.47. The van der Waals surface area contributed by atoms with E-state index in [0.29, 0.717) is 23.0 Å². The molecule has 0 spiro atoms. The van der Waals surface area contributed by atoms with Crippen LogP contribution in [0.15, 0.2) is 51.2 Å². The number of nitrogens with zero attached hydrogens (tertiary/aromatic N) is 1. The van der Waals surface area contributed by atoms with Crippen LogP contribution in [0, 0.1) is 5.92 Å². The Morgan fingerprint density at radius 1 is 1.26 bits per heavy atom. The van der Waals surface area contributed by atoms with Gasteiger partial charge in [0, 0.05) is 33.7 Å². The molecule has 1 heterocycles. The second-order valence-electron chi connectivity index (χ2n) is 5.80. The zero-order chi connectivity index (χ0) is 16.4. The number of hydrogen-bond donors (Lipinski definition) is 1. The predicted molar refractivity (Wildman–Crippen MR) is 96.4 cm³/mol. The number of fused-ring (bicyclic) bond motifs is 2. The number of aliphatic imine (C=N–C) groups is 1. The van der Waals surface area contributed by atoms with E-state index in [0.717, 1.165) is 21.0 Å². The van der Waals surface area contributed by atoms with Gasteiger partial charge in [0.1, 0.15) is 0 Å². The zero-order valence-corrected chi connectivity index (χ0v) is 14.5. The maximum atomic E-state index is 12.2. The van der Waals surface area contributed by atoms with Crippen molar-refractivity contribution >= 4 is 41.2 Å². The minimum absolute atomic E-state index is 0.0681. The maximum absolute atomic E-state index is 12.2. The highest BCUT2D eigenvalue weighted by Gasteiger charge is 2.15. The lowest BCUT2D eigenvalue weighted by molar-refractivity contribution is 0.0949. The van der Waals surface area contributed by atoms with E-state index in [1.54, 1.807) is 18.0 Å². The third-order valence-electron chi connectivity index (χ3n) is 3.46. The summed E-state index contributed by atoms with van der Waals surface area (Å²) in [4.78, 5) is 18.8. The first-order valence-corrected chi connectivity index (χ1v) is 8.66. The van der Waals surface area contributed by atoms with Crippen LogP contribution in [0.2, 0.25) is 5.02 Å². The average Bonchev–Trinajstić information content (AvgIpc) is 2.71. The Balaban J connectivity index is 1.90. The van der Waals surface area contributed by atoms with Crippen molar-refractivity contribution in [2.75, 3.05) is 6.54 Å². The number of amides is 1. The lowest BCUT2D eigenvalue weighted by atomic mass is 10.1. The molecule has 0 saturated heterocycles. The molecule has 5 heteroatoms. The van der Waals surface area contributed by atoms with Crippen LogP contribution in [0.5, 0.6) is 0 Å². The van der Waals surface area contributed by atoms with Gasteiger partial charge in [-0.05, 0) is 36.2 Å². The second-order valence-corrected chi connectivity index (χ2v) is 7.29. The molecule has 0 bridgehead atoms. The molecule has 0 aliphatic carbocycles. The Hall–Kier alpha value is -1.78. The van der Waals surface area contributed by atoms with Crippen molar-refractivity contribution in [3.8, 4) is 0 Å². The van der Waals surface area contributed by atoms with Gasteiger partial charge in [0.05, 0.1) is 10.7 Å². The summed E-state index contributed by atoms with van der Waals surface area (Å²) in [5, 5.41) is 3.61. The monoisotopic (exact) mass is 344 g/mol. The Bertz CT molecular complexity index is 787. The van der Waals surface area contributed by atoms with Crippen LogP contribution in [-0.4, -0.2) is 18.7 Å². The van der Waals surface area contributed by atoms with Crippen LogP contribution in [0.3, 0.4) is 0 Å². The molecule has 3 nitrogen and oxygen atoms in total. The quantitative estimate of drug-likeness (QED) is 0.731. The van der Waals surface area contributed by atoms with Gasteiger partial charge in [-0.2, -0.15) is 0 Å². The number of carbonyl (C=O) groups is 1. The molecule has 2 aromatic rings. The summed E-state index contributed by atoms with van der Waals surface area (Å²) >= 11 is 7.86. The molecule has 1 amide bonds. The topological polar surface area (TPSA) is 41.5 Å². The van der Waals surface area contributed by atoms with E-state index >= 15 is 0 Å². The minimum Gasteiger partial charge on any atom is -0.352 e. The van der Waals surface area contributed by atoms with Crippen LogP contribution in [-0.2, 0) is 0 Å². The third-order valence-corrected chi connectivity index (χ3v) is 4.93. The van der Waals surface area contributed by atoms with Gasteiger partial charge < -0.3 is 5.32 Å². The molecule has 3 rings (SSSR count). The summed E-state index contributed by atoms with van der Waals surface area (Å²) in [6.07, 6.45) is 1.77. The Morgan fingerprint density at radius 2 is 2.09 bits per heavy atom. The number of benzene rings is 2. The SMILES string of the molecule is CC(C)CNC(=O)c1ccc2c(c1)N=Cc1c(Cl)cccc1S2. The van der Waals surface area contributed by atoms with Crippen LogP contribution >= 0.6 is 23.4 Å². The van der Waals surface area contributed by atoms with Crippen LogP contribution in [0.4, 0.5) is 5.69 Å². The van der Waals surface area contributed by atoms with Crippen molar-refractivity contribution < 1.29 is 4.79 Å². The molecule has 23 heavy (non-hydrogen) atoms. The number of halogens is 1. The van der Waals surface area contributed by atoms with E-state index in [2.05, 4.69) is 24.2 Å². The van der Waals surface area contributed by atoms with Crippen molar-refractivity contribution in [2.24, 2.45) is 10.9 Å². The third kappa shape index (κ3) is 3.59. The normalized spacial score (nSPS) is 12.5. The molecule has 1 aliphatic rings. The molecule has 0 unspecified atom stereocenters. The van der Waals surface area contributed by atoms with Gasteiger partial charge in [-0.15, -0.1) is 0 Å². The van der Waals surface area contributed by atoms with Gasteiger partial charge in [-0.25, -0.2) is 0 Å². The summed E-state index contributed by atoms with van der Waals surface area (Å²) in [5.41, 5.74) is 2.33. The van der Waals surface area contributed by atoms with Gasteiger partial charge in [-0.1, -0.05) is 43.3 Å². The highest BCUT2D eigenvalue weighted by atomic mass is 35.5. The van der Waals surface area contributed by atoms with E-state index < -0.39 is 0 Å². The van der Waals surface area contributed by atoms with E-state index in [1.165, 1.54) is 0 Å². The fourth-order valence-electron chi connectivity index (χ4n) is 2.23. The van der Waals surface area contributed by atoms with E-state index in [9.17, 15) is 4.79 Å². The van der Waals surface area contributed by atoms with Gasteiger partial charge in [0.2, 0.25) is 0 Å². The Labute approximate surface area is 145 Å². The van der Waals surface area contributed by atoms with Crippen molar-refractivity contribution in [3.63, 3.8) is 0 Å². The fraction of sp³-hybridized carbons (Fsp3) is 0.222. The van der Waals surface area contributed by atoms with Gasteiger partial charge in [0.25, 0.3) is 5.91 Å². The average molecular weight is 345 g/mol. The molecule has 1 aliphatic heterocycles. The lowest BCUT2D eigenvalue weighted by Gasteiger charge is -2.09. The first kappa shape index (κ1) is 16.1. The number of hydrogen-bond acceptors (Lipinski definition) is 3. The highest BCUT2D eigenvalue weighted by Crippen LogP contribution is 2.40.